The number of nitrogens with two attached hydrogens (primary N) is 1. The van der Waals surface area contributed by atoms with Crippen molar-refractivity contribution < 1.29 is 13.2 Å². The molecule has 0 amide bonds. The molecule has 3 N–H and O–H groups in total. The highest BCUT2D eigenvalue weighted by molar-refractivity contribution is 7.89. The first-order chi connectivity index (χ1) is 9.33. The molecule has 0 aromatic heterocycles. The molecule has 1 saturated heterocycles. The normalized spacial score (nSPS) is 23.9. The van der Waals surface area contributed by atoms with Gasteiger partial charge in [0, 0.05) is 13.1 Å². The lowest BCUT2D eigenvalue weighted by molar-refractivity contribution is -0.00517. The van der Waals surface area contributed by atoms with E-state index in [1.54, 1.807) is 12.1 Å². The van der Waals surface area contributed by atoms with Crippen LogP contribution in [0.1, 0.15) is 13.8 Å². The zero-order valence-corrected chi connectivity index (χ0v) is 12.8. The van der Waals surface area contributed by atoms with E-state index in [4.69, 9.17) is 10.5 Å². The SMILES string of the molecule is CNS(=O)(=O)c1ccc(N2C[C@@H](C)O[C@@H](C)C2)c(N)c1. The van der Waals surface area contributed by atoms with Crippen LogP contribution in [-0.4, -0.2) is 40.8 Å². The molecule has 1 aromatic carbocycles. The number of rotatable bonds is 3. The van der Waals surface area contributed by atoms with Crippen LogP contribution >= 0.6 is 0 Å². The van der Waals surface area contributed by atoms with Gasteiger partial charge >= 0.3 is 0 Å². The second kappa shape index (κ2) is 5.59. The molecule has 1 aromatic rings. The van der Waals surface area contributed by atoms with Gasteiger partial charge in [-0.1, -0.05) is 0 Å². The Labute approximate surface area is 120 Å². The predicted molar refractivity (Wildman–Crippen MR) is 79.3 cm³/mol. The first kappa shape index (κ1) is 15.1. The van der Waals surface area contributed by atoms with Gasteiger partial charge in [0.1, 0.15) is 0 Å². The maximum Gasteiger partial charge on any atom is 0.240 e. The quantitative estimate of drug-likeness (QED) is 0.806. The van der Waals surface area contributed by atoms with Crippen molar-refractivity contribution in [3.63, 3.8) is 0 Å². The van der Waals surface area contributed by atoms with Crippen LogP contribution in [0.5, 0.6) is 0 Å². The second-order valence-electron chi connectivity index (χ2n) is 5.09. The number of hydrogen-bond acceptors (Lipinski definition) is 5. The number of anilines is 2. The van der Waals surface area contributed by atoms with Crippen molar-refractivity contribution in [3.8, 4) is 0 Å². The molecule has 0 saturated carbocycles. The first-order valence-electron chi connectivity index (χ1n) is 6.57. The summed E-state index contributed by atoms with van der Waals surface area (Å²) in [6.07, 6.45) is 0.248. The molecule has 2 atom stereocenters. The van der Waals surface area contributed by atoms with E-state index in [0.29, 0.717) is 5.69 Å². The zero-order chi connectivity index (χ0) is 14.9. The third-order valence-corrected chi connectivity index (χ3v) is 4.75. The lowest BCUT2D eigenvalue weighted by Gasteiger charge is -2.37. The average Bonchev–Trinajstić information content (AvgIpc) is 2.37. The van der Waals surface area contributed by atoms with Crippen molar-refractivity contribution in [2.45, 2.75) is 31.0 Å². The fraction of sp³-hybridized carbons (Fsp3) is 0.538. The highest BCUT2D eigenvalue weighted by Crippen LogP contribution is 2.28. The average molecular weight is 299 g/mol. The van der Waals surface area contributed by atoms with Gasteiger partial charge in [-0.2, -0.15) is 0 Å². The molecule has 0 radical (unpaired) electrons. The molecule has 1 aliphatic rings. The summed E-state index contributed by atoms with van der Waals surface area (Å²) in [5.41, 5.74) is 7.33. The van der Waals surface area contributed by atoms with E-state index in [1.807, 2.05) is 13.8 Å². The molecule has 2 rings (SSSR count). The minimum absolute atomic E-state index is 0.124. The van der Waals surface area contributed by atoms with E-state index in [-0.39, 0.29) is 17.1 Å². The Morgan fingerprint density at radius 2 is 1.90 bits per heavy atom. The predicted octanol–water partition coefficient (Wildman–Crippen LogP) is 0.791. The Morgan fingerprint density at radius 1 is 1.30 bits per heavy atom. The molecular formula is C13H21N3O3S. The number of benzene rings is 1. The van der Waals surface area contributed by atoms with E-state index >= 15 is 0 Å². The van der Waals surface area contributed by atoms with Crippen LogP contribution in [0.25, 0.3) is 0 Å². The minimum atomic E-state index is -3.46. The lowest BCUT2D eigenvalue weighted by atomic mass is 10.2. The molecule has 0 bridgehead atoms. The van der Waals surface area contributed by atoms with E-state index in [2.05, 4.69) is 9.62 Å². The zero-order valence-electron chi connectivity index (χ0n) is 12.0. The molecule has 0 spiro atoms. The van der Waals surface area contributed by atoms with E-state index in [9.17, 15) is 8.42 Å². The van der Waals surface area contributed by atoms with Gasteiger partial charge in [0.15, 0.2) is 0 Å². The van der Waals surface area contributed by atoms with Gasteiger partial charge in [-0.05, 0) is 39.1 Å². The van der Waals surface area contributed by atoms with Crippen LogP contribution in [0.2, 0.25) is 0 Å². The summed E-state index contributed by atoms with van der Waals surface area (Å²) < 4.78 is 31.5. The Bertz CT molecular complexity index is 579. The van der Waals surface area contributed by atoms with Crippen LogP contribution in [0, 0.1) is 0 Å². The summed E-state index contributed by atoms with van der Waals surface area (Å²) >= 11 is 0. The largest absolute Gasteiger partial charge is 0.397 e. The molecule has 1 aliphatic heterocycles. The third kappa shape index (κ3) is 3.05. The molecule has 6 nitrogen and oxygen atoms in total. The highest BCUT2D eigenvalue weighted by Gasteiger charge is 2.24. The first-order valence-corrected chi connectivity index (χ1v) is 8.05. The fourth-order valence-corrected chi connectivity index (χ4v) is 3.25. The lowest BCUT2D eigenvalue weighted by Crippen LogP contribution is -2.45. The Hall–Kier alpha value is -1.31. The van der Waals surface area contributed by atoms with Gasteiger partial charge in [-0.3, -0.25) is 0 Å². The molecule has 1 fully saturated rings. The van der Waals surface area contributed by atoms with Crippen LogP contribution in [-0.2, 0) is 14.8 Å². The Balaban J connectivity index is 2.30. The van der Waals surface area contributed by atoms with Crippen molar-refractivity contribution in [2.75, 3.05) is 30.8 Å². The van der Waals surface area contributed by atoms with Gasteiger partial charge in [0.05, 0.1) is 28.5 Å². The molecular weight excluding hydrogens is 278 g/mol. The summed E-state index contributed by atoms with van der Waals surface area (Å²) in [5.74, 6) is 0. The van der Waals surface area contributed by atoms with E-state index in [0.717, 1.165) is 18.8 Å². The number of nitrogens with one attached hydrogen (secondary N) is 1. The van der Waals surface area contributed by atoms with E-state index < -0.39 is 10.0 Å². The van der Waals surface area contributed by atoms with Crippen molar-refractivity contribution in [3.05, 3.63) is 18.2 Å². The van der Waals surface area contributed by atoms with Crippen LogP contribution in [0.15, 0.2) is 23.1 Å². The third-order valence-electron chi connectivity index (χ3n) is 3.34. The number of sulfonamides is 1. The number of morpholine rings is 1. The molecule has 0 aliphatic carbocycles. The van der Waals surface area contributed by atoms with Gasteiger partial charge in [-0.15, -0.1) is 0 Å². The molecule has 1 heterocycles. The molecule has 20 heavy (non-hydrogen) atoms. The number of ether oxygens (including phenoxy) is 1. The Morgan fingerprint density at radius 3 is 2.40 bits per heavy atom. The van der Waals surface area contributed by atoms with Crippen LogP contribution < -0.4 is 15.4 Å². The van der Waals surface area contributed by atoms with Gasteiger partial charge in [0.25, 0.3) is 0 Å². The van der Waals surface area contributed by atoms with Crippen LogP contribution in [0.3, 0.4) is 0 Å². The Kier molecular flexibility index (Phi) is 4.22. The number of hydrogen-bond donors (Lipinski definition) is 2. The van der Waals surface area contributed by atoms with E-state index in [1.165, 1.54) is 13.1 Å². The molecule has 7 heteroatoms. The van der Waals surface area contributed by atoms with Crippen LogP contribution in [0.4, 0.5) is 11.4 Å². The topological polar surface area (TPSA) is 84.7 Å². The molecule has 0 unspecified atom stereocenters. The van der Waals surface area contributed by atoms with Gasteiger partial charge in [-0.25, -0.2) is 13.1 Å². The number of nitrogens with zero attached hydrogens (tertiary/aromatic N) is 1. The summed E-state index contributed by atoms with van der Waals surface area (Å²) in [6, 6.07) is 4.82. The minimum Gasteiger partial charge on any atom is -0.397 e. The highest BCUT2D eigenvalue weighted by atomic mass is 32.2. The molecule has 112 valence electrons. The van der Waals surface area contributed by atoms with Gasteiger partial charge < -0.3 is 15.4 Å². The maximum atomic E-state index is 11.7. The smallest absolute Gasteiger partial charge is 0.240 e. The standard InChI is InChI=1S/C13H21N3O3S/c1-9-7-16(8-10(2)19-9)13-5-4-11(6-12(13)14)20(17,18)15-3/h4-6,9-10,15H,7-8,14H2,1-3H3/t9-,10+. The fourth-order valence-electron chi connectivity index (χ4n) is 2.48. The van der Waals surface area contributed by atoms with Crippen molar-refractivity contribution in [2.24, 2.45) is 0 Å². The monoisotopic (exact) mass is 299 g/mol. The van der Waals surface area contributed by atoms with Crippen molar-refractivity contribution in [1.82, 2.24) is 4.72 Å². The maximum absolute atomic E-state index is 11.7. The summed E-state index contributed by atoms with van der Waals surface area (Å²) in [4.78, 5) is 2.31. The van der Waals surface area contributed by atoms with Gasteiger partial charge in [0.2, 0.25) is 10.0 Å². The van der Waals surface area contributed by atoms with Crippen molar-refractivity contribution in [1.29, 1.82) is 0 Å². The summed E-state index contributed by atoms with van der Waals surface area (Å²) in [6.45, 7) is 5.51. The van der Waals surface area contributed by atoms with Crippen molar-refractivity contribution >= 4 is 21.4 Å². The summed E-state index contributed by atoms with van der Waals surface area (Å²) in [7, 11) is -2.08. The summed E-state index contributed by atoms with van der Waals surface area (Å²) in [5, 5.41) is 0. The number of nitrogen functional groups attached to an aromatic ring is 1. The second-order valence-corrected chi connectivity index (χ2v) is 6.98.